The lowest BCUT2D eigenvalue weighted by Crippen LogP contribution is -2.19. The third kappa shape index (κ3) is 8.84. The van der Waals surface area contributed by atoms with Crippen molar-refractivity contribution in [2.24, 2.45) is 5.10 Å². The standard InChI is InChI=1S/C26H24Br2N2O2S/c1-2-4-22-13-20(9-12-25(22)32-16-19-7-10-23(27)11-8-19)15-29-30-26(31)18-33-17-21-5-3-6-24(28)14-21/h2-3,5-15H,1,4,16-18H2,(H,30,31). The zero-order valence-corrected chi connectivity index (χ0v) is 22.0. The molecule has 0 aliphatic heterocycles. The molecule has 0 fully saturated rings. The van der Waals surface area contributed by atoms with Crippen molar-refractivity contribution in [1.82, 2.24) is 5.43 Å². The molecule has 0 spiro atoms. The van der Waals surface area contributed by atoms with Crippen molar-refractivity contribution in [3.8, 4) is 5.75 Å². The molecule has 0 saturated carbocycles. The Morgan fingerprint density at radius 3 is 2.61 bits per heavy atom. The Morgan fingerprint density at radius 1 is 1.03 bits per heavy atom. The van der Waals surface area contributed by atoms with E-state index in [0.29, 0.717) is 18.8 Å². The number of carbonyl (C=O) groups excluding carboxylic acids is 1. The van der Waals surface area contributed by atoms with Crippen LogP contribution in [0.2, 0.25) is 0 Å². The second-order valence-electron chi connectivity index (χ2n) is 7.19. The van der Waals surface area contributed by atoms with Gasteiger partial charge in [-0.05, 0) is 71.1 Å². The fraction of sp³-hybridized carbons (Fsp3) is 0.154. The average Bonchev–Trinajstić information content (AvgIpc) is 2.80. The lowest BCUT2D eigenvalue weighted by molar-refractivity contribution is -0.118. The summed E-state index contributed by atoms with van der Waals surface area (Å²) < 4.78 is 8.09. The zero-order valence-electron chi connectivity index (χ0n) is 18.0. The number of halogens is 2. The van der Waals surface area contributed by atoms with Gasteiger partial charge >= 0.3 is 0 Å². The molecule has 3 rings (SSSR count). The zero-order chi connectivity index (χ0) is 23.5. The van der Waals surface area contributed by atoms with E-state index < -0.39 is 0 Å². The molecule has 0 bridgehead atoms. The SMILES string of the molecule is C=CCc1cc(C=NNC(=O)CSCc2cccc(Br)c2)ccc1OCc1ccc(Br)cc1. The van der Waals surface area contributed by atoms with Gasteiger partial charge in [-0.2, -0.15) is 5.10 Å². The minimum atomic E-state index is -0.132. The number of thioether (sulfide) groups is 1. The van der Waals surface area contributed by atoms with Crippen molar-refractivity contribution in [3.63, 3.8) is 0 Å². The predicted molar refractivity (Wildman–Crippen MR) is 145 cm³/mol. The first-order valence-corrected chi connectivity index (χ1v) is 13.0. The van der Waals surface area contributed by atoms with Gasteiger partial charge in [0.15, 0.2) is 0 Å². The predicted octanol–water partition coefficient (Wildman–Crippen LogP) is 6.90. The fourth-order valence-corrected chi connectivity index (χ4v) is 4.45. The molecule has 0 heterocycles. The summed E-state index contributed by atoms with van der Waals surface area (Å²) in [6.45, 7) is 4.32. The van der Waals surface area contributed by atoms with Crippen molar-refractivity contribution in [1.29, 1.82) is 0 Å². The minimum Gasteiger partial charge on any atom is -0.489 e. The van der Waals surface area contributed by atoms with E-state index in [9.17, 15) is 4.79 Å². The molecule has 4 nitrogen and oxygen atoms in total. The minimum absolute atomic E-state index is 0.132. The monoisotopic (exact) mass is 586 g/mol. The second kappa shape index (κ2) is 13.4. The number of ether oxygens (including phenoxy) is 1. The number of nitrogens with one attached hydrogen (secondary N) is 1. The Labute approximate surface area is 215 Å². The van der Waals surface area contributed by atoms with Gasteiger partial charge in [0.05, 0.1) is 12.0 Å². The number of allylic oxidation sites excluding steroid dienone is 1. The van der Waals surface area contributed by atoms with E-state index in [4.69, 9.17) is 4.74 Å². The van der Waals surface area contributed by atoms with Crippen molar-refractivity contribution in [2.45, 2.75) is 18.8 Å². The molecule has 3 aromatic rings. The van der Waals surface area contributed by atoms with E-state index in [1.807, 2.05) is 66.7 Å². The highest BCUT2D eigenvalue weighted by Crippen LogP contribution is 2.22. The summed E-state index contributed by atoms with van der Waals surface area (Å²) in [6, 6.07) is 21.9. The summed E-state index contributed by atoms with van der Waals surface area (Å²) in [4.78, 5) is 12.1. The number of benzene rings is 3. The molecule has 1 amide bonds. The largest absolute Gasteiger partial charge is 0.489 e. The molecular weight excluding hydrogens is 564 g/mol. The molecule has 33 heavy (non-hydrogen) atoms. The maximum Gasteiger partial charge on any atom is 0.250 e. The van der Waals surface area contributed by atoms with Gasteiger partial charge < -0.3 is 4.74 Å². The molecule has 1 N–H and O–H groups in total. The third-order valence-corrected chi connectivity index (χ3v) is 6.58. The van der Waals surface area contributed by atoms with Gasteiger partial charge in [0.2, 0.25) is 5.91 Å². The van der Waals surface area contributed by atoms with Gasteiger partial charge in [0, 0.05) is 14.7 Å². The maximum absolute atomic E-state index is 12.1. The normalized spacial score (nSPS) is 10.8. The van der Waals surface area contributed by atoms with Gasteiger partial charge in [0.1, 0.15) is 12.4 Å². The molecular formula is C26H24Br2N2O2S. The van der Waals surface area contributed by atoms with Crippen LogP contribution in [0.3, 0.4) is 0 Å². The van der Waals surface area contributed by atoms with E-state index in [-0.39, 0.29) is 5.91 Å². The topological polar surface area (TPSA) is 50.7 Å². The highest BCUT2D eigenvalue weighted by atomic mass is 79.9. The summed E-state index contributed by atoms with van der Waals surface area (Å²) in [6.07, 6.45) is 4.16. The molecule has 0 unspecified atom stereocenters. The first-order valence-electron chi connectivity index (χ1n) is 10.3. The van der Waals surface area contributed by atoms with E-state index in [2.05, 4.69) is 55.0 Å². The number of hydrogen-bond donors (Lipinski definition) is 1. The van der Waals surface area contributed by atoms with Gasteiger partial charge in [-0.1, -0.05) is 62.2 Å². The number of carbonyl (C=O) groups is 1. The van der Waals surface area contributed by atoms with Crippen LogP contribution in [0.15, 0.2) is 93.4 Å². The van der Waals surface area contributed by atoms with Crippen molar-refractivity contribution in [3.05, 3.63) is 111 Å². The van der Waals surface area contributed by atoms with Crippen LogP contribution in [-0.2, 0) is 23.6 Å². The lowest BCUT2D eigenvalue weighted by atomic mass is 10.1. The molecule has 3 aromatic carbocycles. The Kier molecular flexibility index (Phi) is 10.2. The molecule has 170 valence electrons. The molecule has 0 aromatic heterocycles. The van der Waals surface area contributed by atoms with Crippen molar-refractivity contribution < 1.29 is 9.53 Å². The van der Waals surface area contributed by atoms with E-state index in [1.165, 1.54) is 5.56 Å². The van der Waals surface area contributed by atoms with Crippen LogP contribution in [0, 0.1) is 0 Å². The van der Waals surface area contributed by atoms with Crippen LogP contribution < -0.4 is 10.2 Å². The highest BCUT2D eigenvalue weighted by molar-refractivity contribution is 9.10. The number of hydrazone groups is 1. The van der Waals surface area contributed by atoms with Crippen LogP contribution in [0.4, 0.5) is 0 Å². The average molecular weight is 588 g/mol. The molecule has 7 heteroatoms. The Balaban J connectivity index is 1.50. The summed E-state index contributed by atoms with van der Waals surface area (Å²) in [5.74, 6) is 1.78. The summed E-state index contributed by atoms with van der Waals surface area (Å²) in [5.41, 5.74) is 6.75. The maximum atomic E-state index is 12.1. The summed E-state index contributed by atoms with van der Waals surface area (Å²) in [5, 5.41) is 4.10. The van der Waals surface area contributed by atoms with Crippen molar-refractivity contribution >= 4 is 55.7 Å². The van der Waals surface area contributed by atoms with Gasteiger partial charge in [-0.15, -0.1) is 18.3 Å². The number of rotatable bonds is 11. The second-order valence-corrected chi connectivity index (χ2v) is 10.0. The molecule has 0 aliphatic carbocycles. The van der Waals surface area contributed by atoms with Gasteiger partial charge in [0.25, 0.3) is 0 Å². The number of nitrogens with zero attached hydrogens (tertiary/aromatic N) is 1. The fourth-order valence-electron chi connectivity index (χ4n) is 2.98. The molecule has 0 aliphatic rings. The van der Waals surface area contributed by atoms with Crippen LogP contribution in [0.25, 0.3) is 0 Å². The van der Waals surface area contributed by atoms with Crippen LogP contribution in [-0.4, -0.2) is 17.9 Å². The summed E-state index contributed by atoms with van der Waals surface area (Å²) in [7, 11) is 0. The molecule has 0 saturated heterocycles. The Bertz CT molecular complexity index is 1120. The van der Waals surface area contributed by atoms with Gasteiger partial charge in [-0.3, -0.25) is 4.79 Å². The first-order chi connectivity index (χ1) is 16.0. The molecule has 0 atom stereocenters. The quantitative estimate of drug-likeness (QED) is 0.151. The van der Waals surface area contributed by atoms with Crippen LogP contribution in [0.5, 0.6) is 5.75 Å². The Hall–Kier alpha value is -2.35. The van der Waals surface area contributed by atoms with Gasteiger partial charge in [-0.25, -0.2) is 5.43 Å². The molecule has 0 radical (unpaired) electrons. The van der Waals surface area contributed by atoms with E-state index in [0.717, 1.165) is 37.1 Å². The van der Waals surface area contributed by atoms with Crippen LogP contribution in [0.1, 0.15) is 22.3 Å². The summed E-state index contributed by atoms with van der Waals surface area (Å²) >= 11 is 8.45. The van der Waals surface area contributed by atoms with E-state index >= 15 is 0 Å². The smallest absolute Gasteiger partial charge is 0.250 e. The Morgan fingerprint density at radius 2 is 1.85 bits per heavy atom. The third-order valence-electron chi connectivity index (χ3n) is 4.55. The van der Waals surface area contributed by atoms with E-state index in [1.54, 1.807) is 18.0 Å². The number of amides is 1. The first kappa shape index (κ1) is 25.3. The van der Waals surface area contributed by atoms with Crippen molar-refractivity contribution in [2.75, 3.05) is 5.75 Å². The highest BCUT2D eigenvalue weighted by Gasteiger charge is 2.05. The lowest BCUT2D eigenvalue weighted by Gasteiger charge is -2.11. The van der Waals surface area contributed by atoms with Crippen LogP contribution >= 0.6 is 43.6 Å². The number of hydrogen-bond acceptors (Lipinski definition) is 4.